The molecule has 2 unspecified atom stereocenters. The van der Waals surface area contributed by atoms with Gasteiger partial charge in [-0.2, -0.15) is 0 Å². The summed E-state index contributed by atoms with van der Waals surface area (Å²) in [6, 6.07) is 0.343. The van der Waals surface area contributed by atoms with Crippen LogP contribution in [0.3, 0.4) is 0 Å². The van der Waals surface area contributed by atoms with Crippen molar-refractivity contribution in [3.63, 3.8) is 0 Å². The third kappa shape index (κ3) is 4.09. The first-order chi connectivity index (χ1) is 7.31. The lowest BCUT2D eigenvalue weighted by Crippen LogP contribution is -2.47. The van der Waals surface area contributed by atoms with Crippen molar-refractivity contribution in [1.82, 2.24) is 5.43 Å². The van der Waals surface area contributed by atoms with Gasteiger partial charge in [0.15, 0.2) is 0 Å². The van der Waals surface area contributed by atoms with Gasteiger partial charge < -0.3 is 4.74 Å². The summed E-state index contributed by atoms with van der Waals surface area (Å²) in [6.45, 7) is 5.42. The Labute approximate surface area is 93.7 Å². The van der Waals surface area contributed by atoms with Crippen LogP contribution in [-0.2, 0) is 4.74 Å². The molecule has 0 aromatic rings. The molecule has 1 aliphatic rings. The summed E-state index contributed by atoms with van der Waals surface area (Å²) in [7, 11) is 0. The van der Waals surface area contributed by atoms with E-state index in [0.29, 0.717) is 12.1 Å². The highest BCUT2D eigenvalue weighted by Gasteiger charge is 2.25. The van der Waals surface area contributed by atoms with Crippen LogP contribution in [0.25, 0.3) is 0 Å². The van der Waals surface area contributed by atoms with Crippen LogP contribution in [0.2, 0.25) is 0 Å². The Morgan fingerprint density at radius 3 is 2.53 bits per heavy atom. The Kier molecular flexibility index (Phi) is 6.22. The molecule has 1 rings (SSSR count). The van der Waals surface area contributed by atoms with Crippen molar-refractivity contribution < 1.29 is 4.74 Å². The maximum absolute atomic E-state index is 5.78. The Balaban J connectivity index is 2.38. The maximum Gasteiger partial charge on any atom is 0.0741 e. The van der Waals surface area contributed by atoms with Crippen molar-refractivity contribution in [1.29, 1.82) is 0 Å². The van der Waals surface area contributed by atoms with Gasteiger partial charge >= 0.3 is 0 Å². The molecule has 0 aromatic heterocycles. The molecule has 3 N–H and O–H groups in total. The smallest absolute Gasteiger partial charge is 0.0741 e. The standard InChI is InChI=1S/C12H26N2O/c1-3-10(4-2)9-11(14-13)12-7-5-6-8-15-12/h10-12,14H,3-9,13H2,1-2H3. The summed E-state index contributed by atoms with van der Waals surface area (Å²) >= 11 is 0. The molecule has 0 aromatic carbocycles. The first kappa shape index (κ1) is 12.9. The minimum Gasteiger partial charge on any atom is -0.377 e. The van der Waals surface area contributed by atoms with E-state index in [1.54, 1.807) is 0 Å². The van der Waals surface area contributed by atoms with Gasteiger partial charge in [-0.05, 0) is 31.6 Å². The van der Waals surface area contributed by atoms with Crippen molar-refractivity contribution in [2.24, 2.45) is 11.8 Å². The lowest BCUT2D eigenvalue weighted by Gasteiger charge is -2.32. The van der Waals surface area contributed by atoms with Gasteiger partial charge in [0.05, 0.1) is 6.10 Å². The fourth-order valence-electron chi connectivity index (χ4n) is 2.39. The predicted molar refractivity (Wildman–Crippen MR) is 63.4 cm³/mol. The first-order valence-electron chi connectivity index (χ1n) is 6.39. The summed E-state index contributed by atoms with van der Waals surface area (Å²) in [4.78, 5) is 0. The molecule has 0 radical (unpaired) electrons. The molecule has 0 aliphatic carbocycles. The third-order valence-electron chi connectivity index (χ3n) is 3.62. The van der Waals surface area contributed by atoms with Crippen LogP contribution in [0.15, 0.2) is 0 Å². The normalized spacial score (nSPS) is 24.4. The molecule has 90 valence electrons. The van der Waals surface area contributed by atoms with Gasteiger partial charge in [-0.1, -0.05) is 26.7 Å². The van der Waals surface area contributed by atoms with Crippen molar-refractivity contribution in [3.05, 3.63) is 0 Å². The second kappa shape index (κ2) is 7.20. The highest BCUT2D eigenvalue weighted by molar-refractivity contribution is 4.79. The van der Waals surface area contributed by atoms with Crippen LogP contribution >= 0.6 is 0 Å². The van der Waals surface area contributed by atoms with Crippen LogP contribution in [0, 0.1) is 5.92 Å². The lowest BCUT2D eigenvalue weighted by molar-refractivity contribution is -0.0129. The topological polar surface area (TPSA) is 47.3 Å². The van der Waals surface area contributed by atoms with Gasteiger partial charge in [0.2, 0.25) is 0 Å². The molecular weight excluding hydrogens is 188 g/mol. The quantitative estimate of drug-likeness (QED) is 0.526. The molecule has 1 saturated heterocycles. The number of ether oxygens (including phenoxy) is 1. The Morgan fingerprint density at radius 2 is 2.07 bits per heavy atom. The number of hydrogen-bond donors (Lipinski definition) is 2. The van der Waals surface area contributed by atoms with E-state index < -0.39 is 0 Å². The molecule has 0 amide bonds. The first-order valence-corrected chi connectivity index (χ1v) is 6.39. The van der Waals surface area contributed by atoms with Gasteiger partial charge in [0.25, 0.3) is 0 Å². The lowest BCUT2D eigenvalue weighted by atomic mass is 9.90. The Morgan fingerprint density at radius 1 is 1.33 bits per heavy atom. The molecule has 1 aliphatic heterocycles. The maximum atomic E-state index is 5.78. The molecule has 1 heterocycles. The molecular formula is C12H26N2O. The fourth-order valence-corrected chi connectivity index (χ4v) is 2.39. The number of nitrogens with one attached hydrogen (secondary N) is 1. The van der Waals surface area contributed by atoms with E-state index in [-0.39, 0.29) is 0 Å². The third-order valence-corrected chi connectivity index (χ3v) is 3.62. The van der Waals surface area contributed by atoms with Gasteiger partial charge in [-0.3, -0.25) is 11.3 Å². The molecule has 1 fully saturated rings. The SMILES string of the molecule is CCC(CC)CC(NN)C1CCCCO1. The predicted octanol–water partition coefficient (Wildman–Crippen LogP) is 2.21. The fraction of sp³-hybridized carbons (Fsp3) is 1.00. The van der Waals surface area contributed by atoms with Gasteiger partial charge in [0, 0.05) is 12.6 Å². The van der Waals surface area contributed by atoms with Gasteiger partial charge in [-0.15, -0.1) is 0 Å². The average Bonchev–Trinajstić information content (AvgIpc) is 2.32. The Hall–Kier alpha value is -0.120. The van der Waals surface area contributed by atoms with Gasteiger partial charge in [-0.25, -0.2) is 0 Å². The summed E-state index contributed by atoms with van der Waals surface area (Å²) < 4.78 is 5.78. The van der Waals surface area contributed by atoms with E-state index in [1.165, 1.54) is 25.7 Å². The monoisotopic (exact) mass is 214 g/mol. The zero-order chi connectivity index (χ0) is 11.1. The summed E-state index contributed by atoms with van der Waals surface area (Å²) in [5, 5.41) is 0. The molecule has 0 saturated carbocycles. The zero-order valence-electron chi connectivity index (χ0n) is 10.2. The molecule has 3 heteroatoms. The summed E-state index contributed by atoms with van der Waals surface area (Å²) in [5.41, 5.74) is 2.95. The molecule has 0 bridgehead atoms. The molecule has 0 spiro atoms. The van der Waals surface area contributed by atoms with Gasteiger partial charge in [0.1, 0.15) is 0 Å². The van der Waals surface area contributed by atoms with E-state index in [2.05, 4.69) is 19.3 Å². The zero-order valence-corrected chi connectivity index (χ0v) is 10.2. The highest BCUT2D eigenvalue weighted by atomic mass is 16.5. The van der Waals surface area contributed by atoms with E-state index in [9.17, 15) is 0 Å². The Bertz CT molecular complexity index is 154. The van der Waals surface area contributed by atoms with Crippen LogP contribution in [-0.4, -0.2) is 18.8 Å². The number of hydrazine groups is 1. The van der Waals surface area contributed by atoms with E-state index >= 15 is 0 Å². The van der Waals surface area contributed by atoms with Crippen molar-refractivity contribution in [3.8, 4) is 0 Å². The van der Waals surface area contributed by atoms with E-state index in [1.807, 2.05) is 0 Å². The minimum absolute atomic E-state index is 0.337. The molecule has 3 nitrogen and oxygen atoms in total. The van der Waals surface area contributed by atoms with E-state index in [0.717, 1.165) is 25.4 Å². The van der Waals surface area contributed by atoms with Crippen LogP contribution in [0.5, 0.6) is 0 Å². The van der Waals surface area contributed by atoms with Crippen LogP contribution in [0.1, 0.15) is 52.4 Å². The highest BCUT2D eigenvalue weighted by Crippen LogP contribution is 2.22. The second-order valence-corrected chi connectivity index (χ2v) is 4.60. The summed E-state index contributed by atoms with van der Waals surface area (Å²) in [6.07, 6.45) is 7.61. The van der Waals surface area contributed by atoms with Crippen molar-refractivity contribution in [2.75, 3.05) is 6.61 Å². The van der Waals surface area contributed by atoms with Crippen LogP contribution < -0.4 is 11.3 Å². The number of hydrogen-bond acceptors (Lipinski definition) is 3. The van der Waals surface area contributed by atoms with Crippen molar-refractivity contribution >= 4 is 0 Å². The molecule has 15 heavy (non-hydrogen) atoms. The van der Waals surface area contributed by atoms with E-state index in [4.69, 9.17) is 10.6 Å². The average molecular weight is 214 g/mol. The van der Waals surface area contributed by atoms with Crippen LogP contribution in [0.4, 0.5) is 0 Å². The second-order valence-electron chi connectivity index (χ2n) is 4.60. The number of rotatable bonds is 6. The minimum atomic E-state index is 0.337. The molecule has 2 atom stereocenters. The largest absolute Gasteiger partial charge is 0.377 e. The number of nitrogens with two attached hydrogens (primary N) is 1. The van der Waals surface area contributed by atoms with Crippen molar-refractivity contribution in [2.45, 2.75) is 64.5 Å². The summed E-state index contributed by atoms with van der Waals surface area (Å²) in [5.74, 6) is 6.41.